The van der Waals surface area contributed by atoms with Gasteiger partial charge in [-0.15, -0.1) is 11.3 Å². The highest BCUT2D eigenvalue weighted by atomic mass is 32.1. The number of allylic oxidation sites excluding steroid dienone is 1. The lowest BCUT2D eigenvalue weighted by Gasteiger charge is -2.01. The van der Waals surface area contributed by atoms with Crippen molar-refractivity contribution in [2.45, 2.75) is 0 Å². The van der Waals surface area contributed by atoms with Gasteiger partial charge in [-0.25, -0.2) is 9.37 Å². The van der Waals surface area contributed by atoms with Crippen LogP contribution >= 0.6 is 11.3 Å². The fourth-order valence-corrected chi connectivity index (χ4v) is 2.93. The SMILES string of the molecule is COc1ccc(-c2csc(/C(C#N)=C\Nc3ccc(F)cc3)n2)cc1. The first-order chi connectivity index (χ1) is 12.2. The van der Waals surface area contributed by atoms with Gasteiger partial charge in [0.05, 0.1) is 12.8 Å². The maximum absolute atomic E-state index is 12.9. The number of aromatic nitrogens is 1. The van der Waals surface area contributed by atoms with Gasteiger partial charge in [-0.05, 0) is 48.5 Å². The summed E-state index contributed by atoms with van der Waals surface area (Å²) in [5, 5.41) is 14.9. The van der Waals surface area contributed by atoms with Crippen molar-refractivity contribution in [3.8, 4) is 23.1 Å². The first-order valence-corrected chi connectivity index (χ1v) is 8.30. The largest absolute Gasteiger partial charge is 0.497 e. The number of methoxy groups -OCH3 is 1. The molecule has 1 N–H and O–H groups in total. The lowest BCUT2D eigenvalue weighted by Crippen LogP contribution is -1.91. The summed E-state index contributed by atoms with van der Waals surface area (Å²) in [5.41, 5.74) is 2.85. The lowest BCUT2D eigenvalue weighted by atomic mass is 10.2. The molecule has 4 nitrogen and oxygen atoms in total. The summed E-state index contributed by atoms with van der Waals surface area (Å²) < 4.78 is 18.1. The summed E-state index contributed by atoms with van der Waals surface area (Å²) in [4.78, 5) is 4.52. The second kappa shape index (κ2) is 7.60. The Hall–Kier alpha value is -3.17. The summed E-state index contributed by atoms with van der Waals surface area (Å²) in [6.45, 7) is 0. The predicted octanol–water partition coefficient (Wildman–Crippen LogP) is 4.93. The Labute approximate surface area is 148 Å². The monoisotopic (exact) mass is 351 g/mol. The highest BCUT2D eigenvalue weighted by molar-refractivity contribution is 7.11. The van der Waals surface area contributed by atoms with Crippen molar-refractivity contribution in [1.82, 2.24) is 4.98 Å². The summed E-state index contributed by atoms with van der Waals surface area (Å²) in [6, 6.07) is 15.6. The van der Waals surface area contributed by atoms with Crippen LogP contribution in [-0.2, 0) is 0 Å². The zero-order valence-corrected chi connectivity index (χ0v) is 14.2. The van der Waals surface area contributed by atoms with Crippen LogP contribution in [0.25, 0.3) is 16.8 Å². The molecule has 0 aliphatic heterocycles. The number of hydrogen-bond acceptors (Lipinski definition) is 5. The number of nitrogens with one attached hydrogen (secondary N) is 1. The lowest BCUT2D eigenvalue weighted by molar-refractivity contribution is 0.415. The molecule has 2 aromatic carbocycles. The van der Waals surface area contributed by atoms with E-state index in [9.17, 15) is 9.65 Å². The Bertz CT molecular complexity index is 925. The van der Waals surface area contributed by atoms with E-state index in [0.717, 1.165) is 17.0 Å². The normalized spacial score (nSPS) is 11.0. The predicted molar refractivity (Wildman–Crippen MR) is 97.7 cm³/mol. The van der Waals surface area contributed by atoms with Crippen molar-refractivity contribution in [3.05, 3.63) is 70.9 Å². The summed E-state index contributed by atoms with van der Waals surface area (Å²) in [5.74, 6) is 0.472. The average Bonchev–Trinajstić information content (AvgIpc) is 3.14. The van der Waals surface area contributed by atoms with Gasteiger partial charge in [0.15, 0.2) is 0 Å². The summed E-state index contributed by atoms with van der Waals surface area (Å²) >= 11 is 1.39. The molecule has 0 bridgehead atoms. The molecule has 0 spiro atoms. The van der Waals surface area contributed by atoms with E-state index in [1.54, 1.807) is 25.4 Å². The van der Waals surface area contributed by atoms with E-state index < -0.39 is 0 Å². The molecule has 1 heterocycles. The van der Waals surface area contributed by atoms with E-state index in [2.05, 4.69) is 16.4 Å². The van der Waals surface area contributed by atoms with E-state index in [4.69, 9.17) is 4.74 Å². The Kier molecular flexibility index (Phi) is 5.07. The number of nitrogens with zero attached hydrogens (tertiary/aromatic N) is 2. The van der Waals surface area contributed by atoms with Gasteiger partial charge in [0.25, 0.3) is 0 Å². The van der Waals surface area contributed by atoms with Crippen LogP contribution in [-0.4, -0.2) is 12.1 Å². The van der Waals surface area contributed by atoms with Crippen molar-refractivity contribution in [3.63, 3.8) is 0 Å². The fraction of sp³-hybridized carbons (Fsp3) is 0.0526. The molecule has 1 aromatic heterocycles. The smallest absolute Gasteiger partial charge is 0.136 e. The van der Waals surface area contributed by atoms with Crippen LogP contribution in [0.2, 0.25) is 0 Å². The molecule has 0 aliphatic rings. The first kappa shape index (κ1) is 16.7. The molecule has 6 heteroatoms. The molecule has 0 unspecified atom stereocenters. The van der Waals surface area contributed by atoms with Crippen molar-refractivity contribution in [1.29, 1.82) is 5.26 Å². The zero-order chi connectivity index (χ0) is 17.6. The molecule has 124 valence electrons. The molecule has 0 aliphatic carbocycles. The number of thiazole rings is 1. The number of hydrogen-bond donors (Lipinski definition) is 1. The number of ether oxygens (including phenoxy) is 1. The Morgan fingerprint density at radius 2 is 1.92 bits per heavy atom. The molecule has 0 amide bonds. The van der Waals surface area contributed by atoms with Crippen molar-refractivity contribution < 1.29 is 9.13 Å². The Morgan fingerprint density at radius 3 is 2.56 bits per heavy atom. The van der Waals surface area contributed by atoms with E-state index in [-0.39, 0.29) is 5.82 Å². The minimum atomic E-state index is -0.306. The topological polar surface area (TPSA) is 57.9 Å². The van der Waals surface area contributed by atoms with Crippen LogP contribution in [0.15, 0.2) is 60.1 Å². The number of anilines is 1. The first-order valence-electron chi connectivity index (χ1n) is 7.42. The van der Waals surface area contributed by atoms with Crippen molar-refractivity contribution in [2.24, 2.45) is 0 Å². The van der Waals surface area contributed by atoms with Crippen LogP contribution in [0.1, 0.15) is 5.01 Å². The van der Waals surface area contributed by atoms with Gasteiger partial charge in [0.1, 0.15) is 28.2 Å². The molecule has 3 rings (SSSR count). The van der Waals surface area contributed by atoms with Crippen LogP contribution in [0.4, 0.5) is 10.1 Å². The van der Waals surface area contributed by atoms with Gasteiger partial charge in [-0.2, -0.15) is 5.26 Å². The molecular formula is C19H14FN3OS. The number of halogens is 1. The third-order valence-corrected chi connectivity index (χ3v) is 4.34. The van der Waals surface area contributed by atoms with Crippen LogP contribution in [0, 0.1) is 17.1 Å². The third-order valence-electron chi connectivity index (χ3n) is 3.47. The Morgan fingerprint density at radius 1 is 1.20 bits per heavy atom. The van der Waals surface area contributed by atoms with Crippen LogP contribution < -0.4 is 10.1 Å². The fourth-order valence-electron chi connectivity index (χ4n) is 2.14. The van der Waals surface area contributed by atoms with E-state index in [1.165, 1.54) is 23.5 Å². The molecule has 25 heavy (non-hydrogen) atoms. The molecule has 0 saturated carbocycles. The van der Waals surface area contributed by atoms with E-state index in [0.29, 0.717) is 16.3 Å². The molecular weight excluding hydrogens is 337 g/mol. The van der Waals surface area contributed by atoms with Crippen molar-refractivity contribution >= 4 is 22.6 Å². The number of benzene rings is 2. The quantitative estimate of drug-likeness (QED) is 0.662. The maximum Gasteiger partial charge on any atom is 0.136 e. The van der Waals surface area contributed by atoms with E-state index in [1.807, 2.05) is 29.6 Å². The van der Waals surface area contributed by atoms with Gasteiger partial charge in [-0.3, -0.25) is 0 Å². The van der Waals surface area contributed by atoms with Gasteiger partial charge < -0.3 is 10.1 Å². The minimum absolute atomic E-state index is 0.306. The molecule has 3 aromatic rings. The number of rotatable bonds is 5. The van der Waals surface area contributed by atoms with Gasteiger partial charge in [-0.1, -0.05) is 0 Å². The molecule has 0 atom stereocenters. The summed E-state index contributed by atoms with van der Waals surface area (Å²) in [7, 11) is 1.62. The van der Waals surface area contributed by atoms with Gasteiger partial charge in [0, 0.05) is 22.8 Å². The number of nitriles is 1. The molecule has 0 saturated heterocycles. The highest BCUT2D eigenvalue weighted by Gasteiger charge is 2.09. The third kappa shape index (κ3) is 4.03. The standard InChI is InChI=1S/C19H14FN3OS/c1-24-17-8-2-13(3-9-17)18-12-25-19(23-18)14(10-21)11-22-16-6-4-15(20)5-7-16/h2-9,11-12,22H,1H3/b14-11-. The highest BCUT2D eigenvalue weighted by Crippen LogP contribution is 2.27. The zero-order valence-electron chi connectivity index (χ0n) is 13.4. The second-order valence-electron chi connectivity index (χ2n) is 5.09. The summed E-state index contributed by atoms with van der Waals surface area (Å²) in [6.07, 6.45) is 1.57. The van der Waals surface area contributed by atoms with Gasteiger partial charge >= 0.3 is 0 Å². The van der Waals surface area contributed by atoms with Crippen molar-refractivity contribution in [2.75, 3.05) is 12.4 Å². The van der Waals surface area contributed by atoms with Crippen LogP contribution in [0.5, 0.6) is 5.75 Å². The van der Waals surface area contributed by atoms with Gasteiger partial charge in [0.2, 0.25) is 0 Å². The van der Waals surface area contributed by atoms with E-state index >= 15 is 0 Å². The van der Waals surface area contributed by atoms with Crippen LogP contribution in [0.3, 0.4) is 0 Å². The maximum atomic E-state index is 12.9. The second-order valence-corrected chi connectivity index (χ2v) is 5.95. The molecule has 0 radical (unpaired) electrons. The minimum Gasteiger partial charge on any atom is -0.497 e. The average molecular weight is 351 g/mol. The Balaban J connectivity index is 1.79. The molecule has 0 fully saturated rings.